The quantitative estimate of drug-likeness (QED) is 0.837. The Balaban J connectivity index is 2.79. The van der Waals surface area contributed by atoms with Crippen molar-refractivity contribution < 1.29 is 4.74 Å². The summed E-state index contributed by atoms with van der Waals surface area (Å²) in [6.07, 6.45) is 0. The van der Waals surface area contributed by atoms with Crippen LogP contribution in [0, 0.1) is 12.3 Å². The van der Waals surface area contributed by atoms with Crippen LogP contribution in [0.2, 0.25) is 0 Å². The van der Waals surface area contributed by atoms with Crippen LogP contribution in [0.15, 0.2) is 18.2 Å². The minimum atomic E-state index is 0.258. The third-order valence-corrected chi connectivity index (χ3v) is 3.08. The van der Waals surface area contributed by atoms with Gasteiger partial charge in [0.15, 0.2) is 0 Å². The van der Waals surface area contributed by atoms with Crippen LogP contribution in [-0.4, -0.2) is 13.2 Å². The molecule has 0 bridgehead atoms. The molecule has 2 heteroatoms. The molecular formula is C14H23NO. The second-order valence-corrected chi connectivity index (χ2v) is 5.42. The first-order valence-corrected chi connectivity index (χ1v) is 5.76. The van der Waals surface area contributed by atoms with Crippen LogP contribution in [0.25, 0.3) is 0 Å². The highest BCUT2D eigenvalue weighted by Crippen LogP contribution is 2.26. The molecule has 0 saturated carbocycles. The van der Waals surface area contributed by atoms with Crippen LogP contribution in [0.4, 0.5) is 5.69 Å². The van der Waals surface area contributed by atoms with E-state index >= 15 is 0 Å². The lowest BCUT2D eigenvalue weighted by molar-refractivity contribution is 0.359. The minimum absolute atomic E-state index is 0.258. The van der Waals surface area contributed by atoms with Crippen LogP contribution < -0.4 is 10.1 Å². The molecule has 1 atom stereocenters. The van der Waals surface area contributed by atoms with Gasteiger partial charge in [0.25, 0.3) is 0 Å². The van der Waals surface area contributed by atoms with Crippen molar-refractivity contribution in [3.8, 4) is 5.75 Å². The topological polar surface area (TPSA) is 21.3 Å². The predicted octanol–water partition coefficient (Wildman–Crippen LogP) is 3.85. The van der Waals surface area contributed by atoms with Crippen molar-refractivity contribution in [2.45, 2.75) is 40.7 Å². The molecule has 1 unspecified atom stereocenters. The van der Waals surface area contributed by atoms with E-state index in [-0.39, 0.29) is 5.41 Å². The molecule has 1 aromatic rings. The predicted molar refractivity (Wildman–Crippen MR) is 70.3 cm³/mol. The molecule has 0 radical (unpaired) electrons. The summed E-state index contributed by atoms with van der Waals surface area (Å²) >= 11 is 0. The highest BCUT2D eigenvalue weighted by Gasteiger charge is 2.19. The second-order valence-electron chi connectivity index (χ2n) is 5.42. The molecule has 1 rings (SSSR count). The lowest BCUT2D eigenvalue weighted by Gasteiger charge is -2.29. The normalized spacial score (nSPS) is 13.4. The van der Waals surface area contributed by atoms with Crippen LogP contribution in [0.1, 0.15) is 33.3 Å². The van der Waals surface area contributed by atoms with Gasteiger partial charge in [-0.2, -0.15) is 0 Å². The van der Waals surface area contributed by atoms with Gasteiger partial charge in [0, 0.05) is 11.7 Å². The molecule has 0 aliphatic carbocycles. The van der Waals surface area contributed by atoms with Crippen LogP contribution >= 0.6 is 0 Å². The summed E-state index contributed by atoms with van der Waals surface area (Å²) in [6, 6.07) is 6.63. The highest BCUT2D eigenvalue weighted by molar-refractivity contribution is 5.51. The Hall–Kier alpha value is -1.18. The van der Waals surface area contributed by atoms with E-state index in [4.69, 9.17) is 4.74 Å². The van der Waals surface area contributed by atoms with Gasteiger partial charge in [-0.25, -0.2) is 0 Å². The number of rotatable bonds is 3. The van der Waals surface area contributed by atoms with Crippen LogP contribution in [0.5, 0.6) is 5.75 Å². The molecule has 0 aliphatic heterocycles. The summed E-state index contributed by atoms with van der Waals surface area (Å²) in [7, 11) is 1.70. The van der Waals surface area contributed by atoms with E-state index in [1.165, 1.54) is 0 Å². The minimum Gasteiger partial charge on any atom is -0.496 e. The van der Waals surface area contributed by atoms with E-state index in [0.717, 1.165) is 17.0 Å². The lowest BCUT2D eigenvalue weighted by atomic mass is 9.88. The van der Waals surface area contributed by atoms with E-state index in [1.807, 2.05) is 6.07 Å². The molecule has 0 spiro atoms. The number of benzene rings is 1. The summed E-state index contributed by atoms with van der Waals surface area (Å²) < 4.78 is 5.24. The highest BCUT2D eigenvalue weighted by atomic mass is 16.5. The Kier molecular flexibility index (Phi) is 3.84. The van der Waals surface area contributed by atoms with Gasteiger partial charge in [0.1, 0.15) is 5.75 Å². The summed E-state index contributed by atoms with van der Waals surface area (Å²) in [5.74, 6) is 0.939. The van der Waals surface area contributed by atoms with Crippen molar-refractivity contribution in [3.63, 3.8) is 0 Å². The number of hydrogen-bond acceptors (Lipinski definition) is 2. The van der Waals surface area contributed by atoms with Crippen molar-refractivity contribution in [1.82, 2.24) is 0 Å². The van der Waals surface area contributed by atoms with Gasteiger partial charge in [-0.3, -0.25) is 0 Å². The molecule has 1 aromatic carbocycles. The molecule has 0 fully saturated rings. The number of aryl methyl sites for hydroxylation is 1. The molecular weight excluding hydrogens is 198 g/mol. The first kappa shape index (κ1) is 12.9. The largest absolute Gasteiger partial charge is 0.496 e. The molecule has 0 amide bonds. The molecule has 0 aromatic heterocycles. The third-order valence-electron chi connectivity index (χ3n) is 3.08. The van der Waals surface area contributed by atoms with Crippen molar-refractivity contribution in [1.29, 1.82) is 0 Å². The average molecular weight is 221 g/mol. The number of methoxy groups -OCH3 is 1. The molecule has 90 valence electrons. The van der Waals surface area contributed by atoms with E-state index in [1.54, 1.807) is 7.11 Å². The van der Waals surface area contributed by atoms with E-state index in [2.05, 4.69) is 52.1 Å². The van der Waals surface area contributed by atoms with Crippen molar-refractivity contribution in [3.05, 3.63) is 23.8 Å². The fourth-order valence-corrected chi connectivity index (χ4v) is 1.43. The van der Waals surface area contributed by atoms with Gasteiger partial charge in [0.05, 0.1) is 7.11 Å². The second kappa shape index (κ2) is 4.77. The Bertz CT molecular complexity index is 352. The zero-order valence-electron chi connectivity index (χ0n) is 11.2. The number of hydrogen-bond donors (Lipinski definition) is 1. The van der Waals surface area contributed by atoms with Crippen LogP contribution in [-0.2, 0) is 0 Å². The fraction of sp³-hybridized carbons (Fsp3) is 0.571. The Morgan fingerprint density at radius 2 is 1.88 bits per heavy atom. The molecule has 2 nitrogen and oxygen atoms in total. The standard InChI is InChI=1S/C14H23NO/c1-10-9-12(7-8-13(10)16-6)15-11(2)14(3,4)5/h7-9,11,15H,1-6H3. The summed E-state index contributed by atoms with van der Waals surface area (Å²) in [6.45, 7) is 11.0. The summed E-state index contributed by atoms with van der Waals surface area (Å²) in [4.78, 5) is 0. The zero-order chi connectivity index (χ0) is 12.3. The van der Waals surface area contributed by atoms with E-state index in [9.17, 15) is 0 Å². The van der Waals surface area contributed by atoms with Gasteiger partial charge >= 0.3 is 0 Å². The van der Waals surface area contributed by atoms with Gasteiger partial charge < -0.3 is 10.1 Å². The molecule has 0 saturated heterocycles. The number of anilines is 1. The first-order chi connectivity index (χ1) is 7.34. The fourth-order valence-electron chi connectivity index (χ4n) is 1.43. The van der Waals surface area contributed by atoms with Crippen molar-refractivity contribution in [2.24, 2.45) is 5.41 Å². The van der Waals surface area contributed by atoms with Gasteiger partial charge in [-0.05, 0) is 43.0 Å². The smallest absolute Gasteiger partial charge is 0.121 e. The lowest BCUT2D eigenvalue weighted by Crippen LogP contribution is -2.30. The molecule has 1 N–H and O–H groups in total. The maximum atomic E-state index is 5.24. The average Bonchev–Trinajstić information content (AvgIpc) is 2.16. The Morgan fingerprint density at radius 3 is 2.31 bits per heavy atom. The molecule has 16 heavy (non-hydrogen) atoms. The maximum absolute atomic E-state index is 5.24. The zero-order valence-corrected chi connectivity index (χ0v) is 11.2. The van der Waals surface area contributed by atoms with Crippen LogP contribution in [0.3, 0.4) is 0 Å². The van der Waals surface area contributed by atoms with Gasteiger partial charge in [-0.1, -0.05) is 20.8 Å². The summed E-state index contributed by atoms with van der Waals surface area (Å²) in [5.41, 5.74) is 2.57. The number of nitrogens with one attached hydrogen (secondary N) is 1. The van der Waals surface area contributed by atoms with Gasteiger partial charge in [0.2, 0.25) is 0 Å². The Labute approximate surface area is 99.0 Å². The SMILES string of the molecule is COc1ccc(NC(C)C(C)(C)C)cc1C. The summed E-state index contributed by atoms with van der Waals surface area (Å²) in [5, 5.41) is 3.52. The number of ether oxygens (including phenoxy) is 1. The van der Waals surface area contributed by atoms with Crippen molar-refractivity contribution in [2.75, 3.05) is 12.4 Å². The molecule has 0 aliphatic rings. The van der Waals surface area contributed by atoms with Crippen molar-refractivity contribution >= 4 is 5.69 Å². The first-order valence-electron chi connectivity index (χ1n) is 5.76. The maximum Gasteiger partial charge on any atom is 0.121 e. The van der Waals surface area contributed by atoms with E-state index in [0.29, 0.717) is 6.04 Å². The third kappa shape index (κ3) is 3.16. The molecule has 0 heterocycles. The van der Waals surface area contributed by atoms with E-state index < -0.39 is 0 Å². The van der Waals surface area contributed by atoms with Gasteiger partial charge in [-0.15, -0.1) is 0 Å². The monoisotopic (exact) mass is 221 g/mol. The Morgan fingerprint density at radius 1 is 1.25 bits per heavy atom.